The summed E-state index contributed by atoms with van der Waals surface area (Å²) in [6, 6.07) is 0.998. The molecule has 102 valence electrons. The number of nitrogens with one attached hydrogen (secondary N) is 1. The standard InChI is InChI=1S/C11H16F3N3S/c1-4-7(3)18-9-6-8(11(12,13)14)16-10(17-9)15-5-2/h6-7H,4-5H2,1-3H3,(H,15,16,17). The molecule has 1 rings (SSSR count). The second-order valence-electron chi connectivity index (χ2n) is 3.78. The van der Waals surface area contributed by atoms with Crippen molar-refractivity contribution in [3.05, 3.63) is 11.8 Å². The van der Waals surface area contributed by atoms with Crippen LogP contribution >= 0.6 is 11.8 Å². The van der Waals surface area contributed by atoms with E-state index in [2.05, 4.69) is 15.3 Å². The molecule has 0 amide bonds. The normalized spacial score (nSPS) is 13.4. The van der Waals surface area contributed by atoms with E-state index in [-0.39, 0.29) is 11.2 Å². The molecule has 1 aromatic heterocycles. The van der Waals surface area contributed by atoms with E-state index in [9.17, 15) is 13.2 Å². The first-order valence-electron chi connectivity index (χ1n) is 5.73. The lowest BCUT2D eigenvalue weighted by atomic mass is 10.4. The summed E-state index contributed by atoms with van der Waals surface area (Å²) in [5.41, 5.74) is -0.903. The third kappa shape index (κ3) is 4.36. The topological polar surface area (TPSA) is 37.8 Å². The molecule has 7 heteroatoms. The van der Waals surface area contributed by atoms with Gasteiger partial charge in [0, 0.05) is 17.9 Å². The highest BCUT2D eigenvalue weighted by Gasteiger charge is 2.33. The monoisotopic (exact) mass is 279 g/mol. The molecule has 0 saturated heterocycles. The van der Waals surface area contributed by atoms with Crippen molar-refractivity contribution in [2.24, 2.45) is 0 Å². The van der Waals surface area contributed by atoms with E-state index < -0.39 is 11.9 Å². The Morgan fingerprint density at radius 1 is 1.33 bits per heavy atom. The van der Waals surface area contributed by atoms with E-state index in [1.165, 1.54) is 11.8 Å². The van der Waals surface area contributed by atoms with Gasteiger partial charge in [0.05, 0.1) is 0 Å². The van der Waals surface area contributed by atoms with Crippen LogP contribution in [-0.4, -0.2) is 21.8 Å². The molecule has 0 aromatic carbocycles. The Hall–Kier alpha value is -0.980. The highest BCUT2D eigenvalue weighted by atomic mass is 32.2. The minimum atomic E-state index is -4.45. The summed E-state index contributed by atoms with van der Waals surface area (Å²) in [7, 11) is 0. The summed E-state index contributed by atoms with van der Waals surface area (Å²) in [5, 5.41) is 3.28. The molecule has 1 aromatic rings. The molecule has 0 aliphatic rings. The van der Waals surface area contributed by atoms with E-state index in [0.717, 1.165) is 12.5 Å². The van der Waals surface area contributed by atoms with Crippen molar-refractivity contribution in [1.82, 2.24) is 9.97 Å². The zero-order valence-corrected chi connectivity index (χ0v) is 11.3. The van der Waals surface area contributed by atoms with Gasteiger partial charge in [0.1, 0.15) is 5.03 Å². The fourth-order valence-corrected chi connectivity index (χ4v) is 2.05. The molecule has 1 atom stereocenters. The van der Waals surface area contributed by atoms with Gasteiger partial charge < -0.3 is 5.32 Å². The van der Waals surface area contributed by atoms with Crippen molar-refractivity contribution in [2.45, 2.75) is 43.6 Å². The number of thioether (sulfide) groups is 1. The van der Waals surface area contributed by atoms with Gasteiger partial charge in [0.15, 0.2) is 5.69 Å². The largest absolute Gasteiger partial charge is 0.433 e. The molecule has 1 N–H and O–H groups in total. The van der Waals surface area contributed by atoms with Crippen LogP contribution < -0.4 is 5.32 Å². The third-order valence-corrected chi connectivity index (χ3v) is 3.41. The maximum Gasteiger partial charge on any atom is 0.433 e. The molecule has 0 fully saturated rings. The van der Waals surface area contributed by atoms with Gasteiger partial charge in [-0.1, -0.05) is 13.8 Å². The van der Waals surface area contributed by atoms with E-state index in [1.54, 1.807) is 6.92 Å². The summed E-state index contributed by atoms with van der Waals surface area (Å²) in [6.45, 7) is 6.20. The maximum absolute atomic E-state index is 12.7. The van der Waals surface area contributed by atoms with Crippen LogP contribution in [0.1, 0.15) is 32.9 Å². The van der Waals surface area contributed by atoms with Gasteiger partial charge in [-0.05, 0) is 13.3 Å². The number of anilines is 1. The molecule has 1 unspecified atom stereocenters. The Bertz CT molecular complexity index is 396. The van der Waals surface area contributed by atoms with Crippen LogP contribution in [0.2, 0.25) is 0 Å². The second-order valence-corrected chi connectivity index (χ2v) is 5.24. The van der Waals surface area contributed by atoms with Gasteiger partial charge in [-0.15, -0.1) is 11.8 Å². The molecule has 3 nitrogen and oxygen atoms in total. The molecule has 0 aliphatic carbocycles. The first kappa shape index (κ1) is 15.1. The van der Waals surface area contributed by atoms with Crippen LogP contribution in [0.3, 0.4) is 0 Å². The average molecular weight is 279 g/mol. The molecule has 0 aliphatic heterocycles. The summed E-state index contributed by atoms with van der Waals surface area (Å²) in [5.74, 6) is 0.0260. The number of rotatable bonds is 5. The Kier molecular flexibility index (Phi) is 5.25. The third-order valence-electron chi connectivity index (χ3n) is 2.22. The average Bonchev–Trinajstić information content (AvgIpc) is 2.27. The smallest absolute Gasteiger partial charge is 0.354 e. The van der Waals surface area contributed by atoms with Crippen LogP contribution in [0.25, 0.3) is 0 Å². The number of halogens is 3. The van der Waals surface area contributed by atoms with Gasteiger partial charge in [-0.25, -0.2) is 9.97 Å². The number of alkyl halides is 3. The second kappa shape index (κ2) is 6.26. The highest BCUT2D eigenvalue weighted by molar-refractivity contribution is 7.99. The zero-order valence-electron chi connectivity index (χ0n) is 10.5. The quantitative estimate of drug-likeness (QED) is 0.657. The van der Waals surface area contributed by atoms with Gasteiger partial charge >= 0.3 is 6.18 Å². The SMILES string of the molecule is CCNc1nc(SC(C)CC)cc(C(F)(F)F)n1. The fourth-order valence-electron chi connectivity index (χ4n) is 1.16. The highest BCUT2D eigenvalue weighted by Crippen LogP contribution is 2.32. The van der Waals surface area contributed by atoms with Crippen molar-refractivity contribution in [3.63, 3.8) is 0 Å². The summed E-state index contributed by atoms with van der Waals surface area (Å²) < 4.78 is 38.0. The van der Waals surface area contributed by atoms with E-state index in [0.29, 0.717) is 11.6 Å². The zero-order chi connectivity index (χ0) is 13.8. The van der Waals surface area contributed by atoms with E-state index >= 15 is 0 Å². The van der Waals surface area contributed by atoms with Crippen LogP contribution in [0.15, 0.2) is 11.1 Å². The van der Waals surface area contributed by atoms with Crippen LogP contribution in [0, 0.1) is 0 Å². The first-order chi connectivity index (χ1) is 8.36. The van der Waals surface area contributed by atoms with Gasteiger partial charge in [-0.2, -0.15) is 13.2 Å². The lowest BCUT2D eigenvalue weighted by Crippen LogP contribution is -2.12. The molecule has 0 bridgehead atoms. The first-order valence-corrected chi connectivity index (χ1v) is 6.61. The Morgan fingerprint density at radius 2 is 2.00 bits per heavy atom. The summed E-state index contributed by atoms with van der Waals surface area (Å²) in [6.07, 6.45) is -3.58. The Morgan fingerprint density at radius 3 is 2.50 bits per heavy atom. The van der Waals surface area contributed by atoms with Crippen LogP contribution in [-0.2, 0) is 6.18 Å². The van der Waals surface area contributed by atoms with E-state index in [1.807, 2.05) is 13.8 Å². The molecule has 0 spiro atoms. The fraction of sp³-hybridized carbons (Fsp3) is 0.636. The summed E-state index contributed by atoms with van der Waals surface area (Å²) in [4.78, 5) is 7.53. The van der Waals surface area contributed by atoms with Crippen molar-refractivity contribution < 1.29 is 13.2 Å². The van der Waals surface area contributed by atoms with Gasteiger partial charge in [0.2, 0.25) is 5.95 Å². The number of hydrogen-bond acceptors (Lipinski definition) is 4. The summed E-state index contributed by atoms with van der Waals surface area (Å²) >= 11 is 1.32. The minimum Gasteiger partial charge on any atom is -0.354 e. The maximum atomic E-state index is 12.7. The molecular formula is C11H16F3N3S. The van der Waals surface area contributed by atoms with E-state index in [4.69, 9.17) is 0 Å². The predicted molar refractivity (Wildman–Crippen MR) is 66.8 cm³/mol. The van der Waals surface area contributed by atoms with Crippen molar-refractivity contribution in [1.29, 1.82) is 0 Å². The predicted octanol–water partition coefficient (Wildman–Crippen LogP) is 3.82. The molecular weight excluding hydrogens is 263 g/mol. The number of hydrogen-bond donors (Lipinski definition) is 1. The number of nitrogens with zero attached hydrogens (tertiary/aromatic N) is 2. The van der Waals surface area contributed by atoms with Crippen LogP contribution in [0.5, 0.6) is 0 Å². The molecule has 0 radical (unpaired) electrons. The molecule has 0 saturated carbocycles. The van der Waals surface area contributed by atoms with Gasteiger partial charge in [-0.3, -0.25) is 0 Å². The number of aromatic nitrogens is 2. The lowest BCUT2D eigenvalue weighted by molar-refractivity contribution is -0.141. The molecule has 18 heavy (non-hydrogen) atoms. The van der Waals surface area contributed by atoms with Crippen LogP contribution in [0.4, 0.5) is 19.1 Å². The molecule has 1 heterocycles. The van der Waals surface area contributed by atoms with Crippen molar-refractivity contribution >= 4 is 17.7 Å². The Balaban J connectivity index is 3.06. The Labute approximate surface area is 109 Å². The lowest BCUT2D eigenvalue weighted by Gasteiger charge is -2.12. The van der Waals surface area contributed by atoms with Crippen molar-refractivity contribution in [2.75, 3.05) is 11.9 Å². The minimum absolute atomic E-state index is 0.0260. The van der Waals surface area contributed by atoms with Gasteiger partial charge in [0.25, 0.3) is 0 Å². The van der Waals surface area contributed by atoms with Crippen molar-refractivity contribution in [3.8, 4) is 0 Å².